The van der Waals surface area contributed by atoms with Gasteiger partial charge in [0.2, 0.25) is 0 Å². The minimum atomic E-state index is 0.163. The fraction of sp³-hybridized carbons (Fsp3) is 0.471. The SMILES string of the molecule is CC(C)(C)c1ncc(CNCCCc2ccccc2)s1. The zero-order chi connectivity index (χ0) is 14.4. The van der Waals surface area contributed by atoms with Gasteiger partial charge in [0.15, 0.2) is 0 Å². The van der Waals surface area contributed by atoms with Crippen LogP contribution in [0.15, 0.2) is 36.5 Å². The molecule has 0 fully saturated rings. The number of nitrogens with one attached hydrogen (secondary N) is 1. The number of hydrogen-bond acceptors (Lipinski definition) is 3. The quantitative estimate of drug-likeness (QED) is 0.807. The Morgan fingerprint density at radius 2 is 1.90 bits per heavy atom. The molecule has 1 N–H and O–H groups in total. The lowest BCUT2D eigenvalue weighted by Crippen LogP contribution is -2.14. The van der Waals surface area contributed by atoms with Crippen LogP contribution in [0.3, 0.4) is 0 Å². The fourth-order valence-electron chi connectivity index (χ4n) is 2.01. The van der Waals surface area contributed by atoms with Gasteiger partial charge in [-0.3, -0.25) is 0 Å². The molecule has 3 heteroatoms. The zero-order valence-electron chi connectivity index (χ0n) is 12.6. The standard InChI is InChI=1S/C17H24N2S/c1-17(2,3)16-19-13-15(20-16)12-18-11-7-10-14-8-5-4-6-9-14/h4-6,8-9,13,18H,7,10-12H2,1-3H3. The van der Waals surface area contributed by atoms with Crippen LogP contribution in [0.2, 0.25) is 0 Å². The van der Waals surface area contributed by atoms with Crippen molar-refractivity contribution in [1.82, 2.24) is 10.3 Å². The molecular weight excluding hydrogens is 264 g/mol. The van der Waals surface area contributed by atoms with E-state index in [4.69, 9.17) is 0 Å². The van der Waals surface area contributed by atoms with Crippen molar-refractivity contribution in [1.29, 1.82) is 0 Å². The molecule has 0 amide bonds. The van der Waals surface area contributed by atoms with Gasteiger partial charge in [-0.2, -0.15) is 0 Å². The minimum absolute atomic E-state index is 0.163. The third-order valence-electron chi connectivity index (χ3n) is 3.16. The Bertz CT molecular complexity index is 511. The number of aromatic nitrogens is 1. The van der Waals surface area contributed by atoms with Crippen LogP contribution in [-0.2, 0) is 18.4 Å². The number of aryl methyl sites for hydroxylation is 1. The Balaban J connectivity index is 1.67. The molecule has 20 heavy (non-hydrogen) atoms. The van der Waals surface area contributed by atoms with E-state index in [-0.39, 0.29) is 5.41 Å². The Kier molecular flexibility index (Phi) is 5.32. The van der Waals surface area contributed by atoms with Gasteiger partial charge in [-0.1, -0.05) is 51.1 Å². The molecule has 2 rings (SSSR count). The maximum atomic E-state index is 4.51. The van der Waals surface area contributed by atoms with Crippen molar-refractivity contribution in [3.8, 4) is 0 Å². The van der Waals surface area contributed by atoms with Crippen LogP contribution < -0.4 is 5.32 Å². The lowest BCUT2D eigenvalue weighted by Gasteiger charge is -2.13. The molecule has 0 spiro atoms. The van der Waals surface area contributed by atoms with E-state index in [0.29, 0.717) is 0 Å². The predicted octanol–water partition coefficient (Wildman–Crippen LogP) is 4.16. The Labute approximate surface area is 126 Å². The molecule has 0 aliphatic rings. The molecule has 0 saturated carbocycles. The summed E-state index contributed by atoms with van der Waals surface area (Å²) in [4.78, 5) is 5.84. The highest BCUT2D eigenvalue weighted by molar-refractivity contribution is 7.11. The Morgan fingerprint density at radius 3 is 2.55 bits per heavy atom. The maximum absolute atomic E-state index is 4.51. The van der Waals surface area contributed by atoms with Crippen LogP contribution in [0, 0.1) is 0 Å². The van der Waals surface area contributed by atoms with Gasteiger partial charge in [0.05, 0.1) is 5.01 Å². The topological polar surface area (TPSA) is 24.9 Å². The number of benzene rings is 1. The van der Waals surface area contributed by atoms with Crippen molar-refractivity contribution in [3.05, 3.63) is 52.0 Å². The first kappa shape index (κ1) is 15.2. The van der Waals surface area contributed by atoms with Crippen molar-refractivity contribution >= 4 is 11.3 Å². The first-order valence-electron chi connectivity index (χ1n) is 7.25. The van der Waals surface area contributed by atoms with E-state index >= 15 is 0 Å². The molecule has 0 atom stereocenters. The highest BCUT2D eigenvalue weighted by Crippen LogP contribution is 2.26. The van der Waals surface area contributed by atoms with Gasteiger partial charge >= 0.3 is 0 Å². The number of nitrogens with zero attached hydrogens (tertiary/aromatic N) is 1. The lowest BCUT2D eigenvalue weighted by atomic mass is 9.98. The highest BCUT2D eigenvalue weighted by atomic mass is 32.1. The van der Waals surface area contributed by atoms with Gasteiger partial charge in [-0.05, 0) is 24.9 Å². The molecule has 0 saturated heterocycles. The first-order valence-corrected chi connectivity index (χ1v) is 8.07. The first-order chi connectivity index (χ1) is 9.55. The Morgan fingerprint density at radius 1 is 1.15 bits per heavy atom. The van der Waals surface area contributed by atoms with Gasteiger partial charge in [0.25, 0.3) is 0 Å². The molecule has 1 aromatic heterocycles. The summed E-state index contributed by atoms with van der Waals surface area (Å²) in [5.74, 6) is 0. The van der Waals surface area contributed by atoms with E-state index < -0.39 is 0 Å². The van der Waals surface area contributed by atoms with Crippen LogP contribution in [0.25, 0.3) is 0 Å². The molecule has 1 heterocycles. The van der Waals surface area contributed by atoms with Gasteiger partial charge < -0.3 is 5.32 Å². The lowest BCUT2D eigenvalue weighted by molar-refractivity contribution is 0.585. The van der Waals surface area contributed by atoms with Crippen LogP contribution in [-0.4, -0.2) is 11.5 Å². The molecule has 0 bridgehead atoms. The van der Waals surface area contributed by atoms with Gasteiger partial charge in [0.1, 0.15) is 0 Å². The third kappa shape index (κ3) is 4.73. The average molecular weight is 288 g/mol. The van der Waals surface area contributed by atoms with Crippen LogP contribution in [0.4, 0.5) is 0 Å². The maximum Gasteiger partial charge on any atom is 0.0981 e. The van der Waals surface area contributed by atoms with Crippen molar-refractivity contribution in [2.45, 2.75) is 45.6 Å². The van der Waals surface area contributed by atoms with E-state index in [0.717, 1.165) is 19.5 Å². The van der Waals surface area contributed by atoms with Crippen LogP contribution >= 0.6 is 11.3 Å². The van der Waals surface area contributed by atoms with Crippen molar-refractivity contribution in [3.63, 3.8) is 0 Å². The fourth-order valence-corrected chi connectivity index (χ4v) is 2.95. The average Bonchev–Trinajstić information content (AvgIpc) is 2.88. The second-order valence-electron chi connectivity index (χ2n) is 6.15. The number of hydrogen-bond donors (Lipinski definition) is 1. The van der Waals surface area contributed by atoms with Crippen molar-refractivity contribution in [2.24, 2.45) is 0 Å². The summed E-state index contributed by atoms with van der Waals surface area (Å²) in [6, 6.07) is 10.7. The molecule has 108 valence electrons. The number of rotatable bonds is 6. The monoisotopic (exact) mass is 288 g/mol. The summed E-state index contributed by atoms with van der Waals surface area (Å²) >= 11 is 1.82. The van der Waals surface area contributed by atoms with Gasteiger partial charge in [0, 0.05) is 23.0 Å². The zero-order valence-corrected chi connectivity index (χ0v) is 13.5. The van der Waals surface area contributed by atoms with Crippen molar-refractivity contribution < 1.29 is 0 Å². The summed E-state index contributed by atoms with van der Waals surface area (Å²) in [5.41, 5.74) is 1.58. The van der Waals surface area contributed by atoms with Gasteiger partial charge in [-0.15, -0.1) is 11.3 Å². The highest BCUT2D eigenvalue weighted by Gasteiger charge is 2.17. The van der Waals surface area contributed by atoms with Crippen molar-refractivity contribution in [2.75, 3.05) is 6.54 Å². The summed E-state index contributed by atoms with van der Waals surface area (Å²) < 4.78 is 0. The Hall–Kier alpha value is -1.19. The van der Waals surface area contributed by atoms with E-state index in [1.54, 1.807) is 0 Å². The summed E-state index contributed by atoms with van der Waals surface area (Å²) in [6.07, 6.45) is 4.33. The second kappa shape index (κ2) is 7.00. The summed E-state index contributed by atoms with van der Waals surface area (Å²) in [5, 5.41) is 4.73. The van der Waals surface area contributed by atoms with E-state index in [2.05, 4.69) is 61.4 Å². The normalized spacial score (nSPS) is 11.8. The largest absolute Gasteiger partial charge is 0.312 e. The van der Waals surface area contributed by atoms with E-state index in [1.165, 1.54) is 21.9 Å². The molecule has 0 aliphatic heterocycles. The van der Waals surface area contributed by atoms with E-state index in [1.807, 2.05) is 17.5 Å². The molecular formula is C17H24N2S. The summed E-state index contributed by atoms with van der Waals surface area (Å²) in [6.45, 7) is 8.62. The number of thiazole rings is 1. The molecule has 0 aliphatic carbocycles. The molecule has 2 aromatic rings. The van der Waals surface area contributed by atoms with Crippen LogP contribution in [0.5, 0.6) is 0 Å². The van der Waals surface area contributed by atoms with Crippen LogP contribution in [0.1, 0.15) is 42.6 Å². The van der Waals surface area contributed by atoms with E-state index in [9.17, 15) is 0 Å². The predicted molar refractivity (Wildman–Crippen MR) is 87.3 cm³/mol. The summed E-state index contributed by atoms with van der Waals surface area (Å²) in [7, 11) is 0. The molecule has 0 radical (unpaired) electrons. The smallest absolute Gasteiger partial charge is 0.0981 e. The molecule has 2 nitrogen and oxygen atoms in total. The van der Waals surface area contributed by atoms with Gasteiger partial charge in [-0.25, -0.2) is 4.98 Å². The second-order valence-corrected chi connectivity index (χ2v) is 7.26. The molecule has 0 unspecified atom stereocenters. The third-order valence-corrected chi connectivity index (χ3v) is 4.58. The molecule has 1 aromatic carbocycles. The minimum Gasteiger partial charge on any atom is -0.312 e.